The highest BCUT2D eigenvalue weighted by atomic mass is 32.2. The van der Waals surface area contributed by atoms with Gasteiger partial charge < -0.3 is 14.2 Å². The van der Waals surface area contributed by atoms with Crippen molar-refractivity contribution in [2.75, 3.05) is 24.7 Å². The zero-order chi connectivity index (χ0) is 25.6. The molecule has 0 aliphatic heterocycles. The highest BCUT2D eigenvalue weighted by molar-refractivity contribution is 7.86. The van der Waals surface area contributed by atoms with Crippen molar-refractivity contribution in [3.05, 3.63) is 48.5 Å². The summed E-state index contributed by atoms with van der Waals surface area (Å²) in [6, 6.07) is 14.6. The van der Waals surface area contributed by atoms with E-state index in [1.54, 1.807) is 12.1 Å². The van der Waals surface area contributed by atoms with Crippen LogP contribution in [-0.4, -0.2) is 50.7 Å². The molecule has 9 nitrogen and oxygen atoms in total. The maximum atomic E-state index is 10.7. The second kappa shape index (κ2) is 14.9. The second-order valence-electron chi connectivity index (χ2n) is 8.09. The molecule has 2 aromatic carbocycles. The molecule has 196 valence electrons. The molecule has 0 unspecified atom stereocenters. The van der Waals surface area contributed by atoms with Crippen LogP contribution in [0.2, 0.25) is 0 Å². The Morgan fingerprint density at radius 1 is 0.514 bits per heavy atom. The minimum absolute atomic E-state index is 0.222. The predicted molar refractivity (Wildman–Crippen MR) is 134 cm³/mol. The van der Waals surface area contributed by atoms with Crippen LogP contribution in [0.3, 0.4) is 0 Å². The van der Waals surface area contributed by atoms with Gasteiger partial charge in [0.1, 0.15) is 0 Å². The van der Waals surface area contributed by atoms with Crippen molar-refractivity contribution in [1.82, 2.24) is 0 Å². The molecule has 0 aromatic heterocycles. The third kappa shape index (κ3) is 13.4. The summed E-state index contributed by atoms with van der Waals surface area (Å²) in [5.74, 6) is 1.80. The van der Waals surface area contributed by atoms with Gasteiger partial charge in [-0.2, -0.15) is 16.8 Å². The summed E-state index contributed by atoms with van der Waals surface area (Å²) in [6.07, 6.45) is 5.25. The maximum absolute atomic E-state index is 10.7. The van der Waals surface area contributed by atoms with Gasteiger partial charge in [0.25, 0.3) is 20.2 Å². The lowest BCUT2D eigenvalue weighted by molar-refractivity contribution is 0.279. The van der Waals surface area contributed by atoms with E-state index in [1.165, 1.54) is 0 Å². The van der Waals surface area contributed by atoms with Crippen molar-refractivity contribution in [2.24, 2.45) is 0 Å². The molecule has 0 aliphatic carbocycles. The van der Waals surface area contributed by atoms with Crippen LogP contribution in [0.5, 0.6) is 23.0 Å². The SMILES string of the molecule is O=S(=O)(O)CCCCCCOc1ccccc1Oc1ccccc1OCCCCCCS(=O)(=O)O. The Hall–Kier alpha value is -2.34. The summed E-state index contributed by atoms with van der Waals surface area (Å²) < 4.78 is 78.3. The van der Waals surface area contributed by atoms with E-state index in [0.29, 0.717) is 61.9 Å². The fraction of sp³-hybridized carbons (Fsp3) is 0.500. The summed E-state index contributed by atoms with van der Waals surface area (Å²) in [5, 5.41) is 0. The lowest BCUT2D eigenvalue weighted by Gasteiger charge is -2.15. The number of hydrogen-bond acceptors (Lipinski definition) is 7. The summed E-state index contributed by atoms with van der Waals surface area (Å²) in [7, 11) is -7.80. The molecule has 0 heterocycles. The van der Waals surface area contributed by atoms with E-state index < -0.39 is 20.2 Å². The minimum atomic E-state index is -3.90. The average molecular weight is 531 g/mol. The lowest BCUT2D eigenvalue weighted by atomic mass is 10.2. The zero-order valence-electron chi connectivity index (χ0n) is 19.7. The van der Waals surface area contributed by atoms with Gasteiger partial charge in [-0.1, -0.05) is 49.9 Å². The summed E-state index contributed by atoms with van der Waals surface area (Å²) in [6.45, 7) is 0.893. The van der Waals surface area contributed by atoms with Crippen LogP contribution in [0.25, 0.3) is 0 Å². The van der Waals surface area contributed by atoms with E-state index in [9.17, 15) is 16.8 Å². The first-order valence-corrected chi connectivity index (χ1v) is 14.9. The molecule has 0 saturated heterocycles. The maximum Gasteiger partial charge on any atom is 0.264 e. The molecule has 0 amide bonds. The van der Waals surface area contributed by atoms with Gasteiger partial charge in [0.05, 0.1) is 24.7 Å². The third-order valence-electron chi connectivity index (χ3n) is 5.03. The Bertz CT molecular complexity index is 1010. The Morgan fingerprint density at radius 3 is 1.23 bits per heavy atom. The first kappa shape index (κ1) is 28.9. The molecule has 0 bridgehead atoms. The molecule has 0 spiro atoms. The Kier molecular flexibility index (Phi) is 12.3. The summed E-state index contributed by atoms with van der Waals surface area (Å²) >= 11 is 0. The van der Waals surface area contributed by atoms with E-state index in [1.807, 2.05) is 36.4 Å². The molecule has 2 aromatic rings. The summed E-state index contributed by atoms with van der Waals surface area (Å²) in [4.78, 5) is 0. The molecule has 0 radical (unpaired) electrons. The highest BCUT2D eigenvalue weighted by Gasteiger charge is 2.10. The topological polar surface area (TPSA) is 136 Å². The van der Waals surface area contributed by atoms with Crippen LogP contribution >= 0.6 is 0 Å². The standard InChI is InChI=1S/C24H34O9S2/c25-34(26,27)19-11-3-1-9-17-31-21-13-5-7-15-23(21)33-24-16-8-6-14-22(24)32-18-10-2-4-12-20-35(28,29)30/h5-8,13-16H,1-4,9-12,17-20H2,(H,25,26,27)(H,28,29,30). The molecule has 0 saturated carbocycles. The van der Waals surface area contributed by atoms with Crippen LogP contribution < -0.4 is 14.2 Å². The van der Waals surface area contributed by atoms with Crippen molar-refractivity contribution in [3.8, 4) is 23.0 Å². The number of ether oxygens (including phenoxy) is 3. The van der Waals surface area contributed by atoms with Crippen molar-refractivity contribution in [1.29, 1.82) is 0 Å². The van der Waals surface area contributed by atoms with Crippen LogP contribution in [0.4, 0.5) is 0 Å². The van der Waals surface area contributed by atoms with Gasteiger partial charge in [0, 0.05) is 0 Å². The minimum Gasteiger partial charge on any atom is -0.490 e. The van der Waals surface area contributed by atoms with Crippen LogP contribution in [-0.2, 0) is 20.2 Å². The number of para-hydroxylation sites is 4. The molecule has 2 N–H and O–H groups in total. The molecule has 0 aliphatic rings. The van der Waals surface area contributed by atoms with Crippen LogP contribution in [0.15, 0.2) is 48.5 Å². The fourth-order valence-electron chi connectivity index (χ4n) is 3.27. The zero-order valence-corrected chi connectivity index (χ0v) is 21.3. The van der Waals surface area contributed by atoms with Gasteiger partial charge in [0.2, 0.25) is 0 Å². The van der Waals surface area contributed by atoms with Gasteiger partial charge in [-0.25, -0.2) is 0 Å². The van der Waals surface area contributed by atoms with Crippen molar-refractivity contribution >= 4 is 20.2 Å². The molecule has 0 atom stereocenters. The molecule has 11 heteroatoms. The van der Waals surface area contributed by atoms with Crippen molar-refractivity contribution in [3.63, 3.8) is 0 Å². The average Bonchev–Trinajstić information content (AvgIpc) is 2.78. The van der Waals surface area contributed by atoms with Crippen LogP contribution in [0, 0.1) is 0 Å². The highest BCUT2D eigenvalue weighted by Crippen LogP contribution is 2.36. The normalized spacial score (nSPS) is 11.8. The van der Waals surface area contributed by atoms with E-state index in [-0.39, 0.29) is 11.5 Å². The largest absolute Gasteiger partial charge is 0.490 e. The number of unbranched alkanes of at least 4 members (excludes halogenated alkanes) is 6. The fourth-order valence-corrected chi connectivity index (χ4v) is 4.41. The lowest BCUT2D eigenvalue weighted by Crippen LogP contribution is -2.04. The van der Waals surface area contributed by atoms with Crippen molar-refractivity contribution in [2.45, 2.75) is 51.4 Å². The summed E-state index contributed by atoms with van der Waals surface area (Å²) in [5.41, 5.74) is 0. The predicted octanol–water partition coefficient (Wildman–Crippen LogP) is 5.13. The molecular formula is C24H34O9S2. The third-order valence-corrected chi connectivity index (χ3v) is 6.64. The van der Waals surface area contributed by atoms with E-state index in [2.05, 4.69) is 0 Å². The number of benzene rings is 2. The number of hydrogen-bond donors (Lipinski definition) is 2. The Labute approximate surface area is 207 Å². The molecular weight excluding hydrogens is 496 g/mol. The Balaban J connectivity index is 1.79. The quantitative estimate of drug-likeness (QED) is 0.198. The van der Waals surface area contributed by atoms with E-state index in [0.717, 1.165) is 25.7 Å². The van der Waals surface area contributed by atoms with Gasteiger partial charge in [-0.15, -0.1) is 0 Å². The molecule has 0 fully saturated rings. The van der Waals surface area contributed by atoms with Crippen molar-refractivity contribution < 1.29 is 40.2 Å². The second-order valence-corrected chi connectivity index (χ2v) is 11.2. The molecule has 35 heavy (non-hydrogen) atoms. The first-order valence-electron chi connectivity index (χ1n) is 11.7. The number of rotatable bonds is 18. The molecule has 2 rings (SSSR count). The van der Waals surface area contributed by atoms with Gasteiger partial charge in [-0.3, -0.25) is 9.11 Å². The Morgan fingerprint density at radius 2 is 0.857 bits per heavy atom. The van der Waals surface area contributed by atoms with Gasteiger partial charge in [0.15, 0.2) is 23.0 Å². The first-order chi connectivity index (χ1) is 16.6. The van der Waals surface area contributed by atoms with E-state index in [4.69, 9.17) is 23.3 Å². The monoisotopic (exact) mass is 530 g/mol. The smallest absolute Gasteiger partial charge is 0.264 e. The van der Waals surface area contributed by atoms with Gasteiger partial charge in [-0.05, 0) is 49.9 Å². The van der Waals surface area contributed by atoms with Gasteiger partial charge >= 0.3 is 0 Å². The van der Waals surface area contributed by atoms with Crippen LogP contribution in [0.1, 0.15) is 51.4 Å². The van der Waals surface area contributed by atoms with E-state index >= 15 is 0 Å².